The van der Waals surface area contributed by atoms with Crippen LogP contribution in [-0.4, -0.2) is 44.2 Å². The SMILES string of the molecule is COc1cc2c(cc1OC)C1CC(NC(C)=O)CCN1CC2. The molecule has 2 aliphatic heterocycles. The van der Waals surface area contributed by atoms with Crippen LogP contribution in [0.4, 0.5) is 0 Å². The Labute approximate surface area is 131 Å². The molecule has 2 unspecified atom stereocenters. The Balaban J connectivity index is 1.90. The second kappa shape index (κ2) is 6.16. The van der Waals surface area contributed by atoms with Crippen LogP contribution < -0.4 is 14.8 Å². The van der Waals surface area contributed by atoms with Crippen molar-refractivity contribution in [1.82, 2.24) is 10.2 Å². The van der Waals surface area contributed by atoms with Gasteiger partial charge in [-0.25, -0.2) is 0 Å². The zero-order valence-electron chi connectivity index (χ0n) is 13.5. The van der Waals surface area contributed by atoms with Gasteiger partial charge >= 0.3 is 0 Å². The standard InChI is InChI=1S/C17H24N2O3/c1-11(20)18-13-5-7-19-6-4-12-8-16(21-2)17(22-3)10-14(12)15(19)9-13/h8,10,13,15H,4-7,9H2,1-3H3,(H,18,20). The maximum Gasteiger partial charge on any atom is 0.217 e. The van der Waals surface area contributed by atoms with Crippen molar-refractivity contribution in [3.63, 3.8) is 0 Å². The summed E-state index contributed by atoms with van der Waals surface area (Å²) in [5.74, 6) is 1.63. The number of carbonyl (C=O) groups excluding carboxylic acids is 1. The van der Waals surface area contributed by atoms with Gasteiger partial charge in [0.25, 0.3) is 0 Å². The monoisotopic (exact) mass is 304 g/mol. The summed E-state index contributed by atoms with van der Waals surface area (Å²) in [5, 5.41) is 3.08. The summed E-state index contributed by atoms with van der Waals surface area (Å²) < 4.78 is 10.9. The van der Waals surface area contributed by atoms with E-state index in [0.717, 1.165) is 43.9 Å². The van der Waals surface area contributed by atoms with Gasteiger partial charge < -0.3 is 14.8 Å². The van der Waals surface area contributed by atoms with Gasteiger partial charge in [0.15, 0.2) is 11.5 Å². The van der Waals surface area contributed by atoms with E-state index in [1.807, 2.05) is 0 Å². The number of amides is 1. The quantitative estimate of drug-likeness (QED) is 0.927. The fourth-order valence-electron chi connectivity index (χ4n) is 3.75. The number of ether oxygens (including phenoxy) is 2. The Hall–Kier alpha value is -1.75. The maximum absolute atomic E-state index is 11.3. The predicted molar refractivity (Wildman–Crippen MR) is 84.4 cm³/mol. The summed E-state index contributed by atoms with van der Waals surface area (Å²) >= 11 is 0. The smallest absolute Gasteiger partial charge is 0.217 e. The van der Waals surface area contributed by atoms with E-state index in [-0.39, 0.29) is 11.9 Å². The van der Waals surface area contributed by atoms with Crippen LogP contribution in [0.15, 0.2) is 12.1 Å². The first-order chi connectivity index (χ1) is 10.6. The third-order valence-corrected chi connectivity index (χ3v) is 4.79. The van der Waals surface area contributed by atoms with E-state index < -0.39 is 0 Å². The lowest BCUT2D eigenvalue weighted by molar-refractivity contribution is -0.120. The number of fused-ring (bicyclic) bond motifs is 3. The average Bonchev–Trinajstić information content (AvgIpc) is 2.52. The Bertz CT molecular complexity index is 573. The molecule has 0 saturated carbocycles. The van der Waals surface area contributed by atoms with Crippen molar-refractivity contribution in [2.45, 2.75) is 38.3 Å². The van der Waals surface area contributed by atoms with Crippen LogP contribution in [0.1, 0.15) is 36.9 Å². The second-order valence-corrected chi connectivity index (χ2v) is 6.13. The molecule has 0 aliphatic carbocycles. The minimum atomic E-state index is 0.0572. The first-order valence-electron chi connectivity index (χ1n) is 7.88. The molecule has 2 aliphatic rings. The fourth-order valence-corrected chi connectivity index (χ4v) is 3.75. The average molecular weight is 304 g/mol. The van der Waals surface area contributed by atoms with Crippen LogP contribution in [0.25, 0.3) is 0 Å². The van der Waals surface area contributed by atoms with E-state index in [1.54, 1.807) is 21.1 Å². The molecule has 22 heavy (non-hydrogen) atoms. The van der Waals surface area contributed by atoms with Crippen LogP contribution >= 0.6 is 0 Å². The normalized spacial score (nSPS) is 24.1. The van der Waals surface area contributed by atoms with Crippen molar-refractivity contribution in [1.29, 1.82) is 0 Å². The van der Waals surface area contributed by atoms with Crippen LogP contribution in [0.2, 0.25) is 0 Å². The van der Waals surface area contributed by atoms with Crippen LogP contribution in [0, 0.1) is 0 Å². The summed E-state index contributed by atoms with van der Waals surface area (Å²) in [5.41, 5.74) is 2.65. The second-order valence-electron chi connectivity index (χ2n) is 6.13. The summed E-state index contributed by atoms with van der Waals surface area (Å²) in [4.78, 5) is 13.9. The van der Waals surface area contributed by atoms with E-state index in [4.69, 9.17) is 9.47 Å². The van der Waals surface area contributed by atoms with Crippen molar-refractivity contribution in [2.24, 2.45) is 0 Å². The number of nitrogens with zero attached hydrogens (tertiary/aromatic N) is 1. The van der Waals surface area contributed by atoms with Crippen molar-refractivity contribution < 1.29 is 14.3 Å². The van der Waals surface area contributed by atoms with Crippen LogP contribution in [0.5, 0.6) is 11.5 Å². The largest absolute Gasteiger partial charge is 0.493 e. The van der Waals surface area contributed by atoms with Crippen molar-refractivity contribution in [3.05, 3.63) is 23.3 Å². The molecule has 0 radical (unpaired) electrons. The van der Waals surface area contributed by atoms with Crippen molar-refractivity contribution in [3.8, 4) is 11.5 Å². The third kappa shape index (κ3) is 2.77. The predicted octanol–water partition coefficient (Wildman–Crippen LogP) is 1.90. The summed E-state index contributed by atoms with van der Waals surface area (Å²) in [7, 11) is 3.35. The highest BCUT2D eigenvalue weighted by Crippen LogP contribution is 2.41. The number of hydrogen-bond donors (Lipinski definition) is 1. The van der Waals surface area contributed by atoms with E-state index >= 15 is 0 Å². The molecule has 1 N–H and O–H groups in total. The molecule has 120 valence electrons. The van der Waals surface area contributed by atoms with E-state index in [9.17, 15) is 4.79 Å². The van der Waals surface area contributed by atoms with Gasteiger partial charge in [-0.05, 0) is 42.5 Å². The van der Waals surface area contributed by atoms with Gasteiger partial charge in [-0.1, -0.05) is 0 Å². The van der Waals surface area contributed by atoms with Gasteiger partial charge in [-0.2, -0.15) is 0 Å². The van der Waals surface area contributed by atoms with E-state index in [1.165, 1.54) is 11.1 Å². The summed E-state index contributed by atoms with van der Waals surface area (Å²) in [6, 6.07) is 4.83. The van der Waals surface area contributed by atoms with Crippen LogP contribution in [0.3, 0.4) is 0 Å². The van der Waals surface area contributed by atoms with Gasteiger partial charge in [-0.3, -0.25) is 9.69 Å². The molecule has 1 saturated heterocycles. The number of nitrogens with one attached hydrogen (secondary N) is 1. The molecule has 1 fully saturated rings. The van der Waals surface area contributed by atoms with Gasteiger partial charge in [0, 0.05) is 32.1 Å². The number of benzene rings is 1. The number of piperidine rings is 1. The van der Waals surface area contributed by atoms with Crippen molar-refractivity contribution in [2.75, 3.05) is 27.3 Å². The number of carbonyl (C=O) groups is 1. The highest BCUT2D eigenvalue weighted by Gasteiger charge is 2.34. The molecule has 0 aromatic heterocycles. The first kappa shape index (κ1) is 15.2. The van der Waals surface area contributed by atoms with E-state index in [0.29, 0.717) is 6.04 Å². The Kier molecular flexibility index (Phi) is 4.25. The lowest BCUT2D eigenvalue weighted by Crippen LogP contribution is -2.47. The molecule has 1 aromatic carbocycles. The van der Waals surface area contributed by atoms with Gasteiger partial charge in [-0.15, -0.1) is 0 Å². The molecular formula is C17H24N2O3. The summed E-state index contributed by atoms with van der Waals surface area (Å²) in [6.07, 6.45) is 3.03. The van der Waals surface area contributed by atoms with Gasteiger partial charge in [0.05, 0.1) is 14.2 Å². The highest BCUT2D eigenvalue weighted by molar-refractivity contribution is 5.73. The number of methoxy groups -OCH3 is 2. The van der Waals surface area contributed by atoms with Crippen LogP contribution in [-0.2, 0) is 11.2 Å². The molecular weight excluding hydrogens is 280 g/mol. The minimum absolute atomic E-state index is 0.0572. The first-order valence-corrected chi connectivity index (χ1v) is 7.88. The third-order valence-electron chi connectivity index (χ3n) is 4.79. The molecule has 0 bridgehead atoms. The molecule has 3 rings (SSSR count). The molecule has 1 aromatic rings. The molecule has 2 atom stereocenters. The zero-order valence-corrected chi connectivity index (χ0v) is 13.5. The fraction of sp³-hybridized carbons (Fsp3) is 0.588. The number of rotatable bonds is 3. The van der Waals surface area contributed by atoms with E-state index in [2.05, 4.69) is 22.3 Å². The molecule has 5 nitrogen and oxygen atoms in total. The molecule has 1 amide bonds. The lowest BCUT2D eigenvalue weighted by Gasteiger charge is -2.43. The molecule has 5 heteroatoms. The topological polar surface area (TPSA) is 50.8 Å². The van der Waals surface area contributed by atoms with Gasteiger partial charge in [0.2, 0.25) is 5.91 Å². The Morgan fingerprint density at radius 2 is 1.95 bits per heavy atom. The van der Waals surface area contributed by atoms with Gasteiger partial charge in [0.1, 0.15) is 0 Å². The summed E-state index contributed by atoms with van der Waals surface area (Å²) in [6.45, 7) is 3.69. The zero-order chi connectivity index (χ0) is 15.7. The highest BCUT2D eigenvalue weighted by atomic mass is 16.5. The Morgan fingerprint density at radius 1 is 1.23 bits per heavy atom. The Morgan fingerprint density at radius 3 is 2.64 bits per heavy atom. The van der Waals surface area contributed by atoms with Crippen molar-refractivity contribution >= 4 is 5.91 Å². The minimum Gasteiger partial charge on any atom is -0.493 e. The lowest BCUT2D eigenvalue weighted by atomic mass is 9.84. The molecule has 2 heterocycles. The maximum atomic E-state index is 11.3. The number of hydrogen-bond acceptors (Lipinski definition) is 4. The molecule has 0 spiro atoms.